The van der Waals surface area contributed by atoms with E-state index in [-0.39, 0.29) is 18.9 Å². The highest BCUT2D eigenvalue weighted by atomic mass is 16.6. The standard InChI is InChI=1S/C24H32N2O3/c1-6-10-20(18-11-8-7-9-12-18)25-17(2)19-13-14-21-22(15-19)28-16-26(21)23(27)29-24(3,4)5/h7-9,11-15,17,20,25H,6,10,16H2,1-5H3. The van der Waals surface area contributed by atoms with E-state index in [2.05, 4.69) is 49.5 Å². The molecule has 0 saturated heterocycles. The van der Waals surface area contributed by atoms with E-state index >= 15 is 0 Å². The normalized spacial score (nSPS) is 15.4. The van der Waals surface area contributed by atoms with Crippen molar-refractivity contribution in [2.75, 3.05) is 11.6 Å². The average molecular weight is 397 g/mol. The predicted molar refractivity (Wildman–Crippen MR) is 116 cm³/mol. The van der Waals surface area contributed by atoms with Crippen LogP contribution in [-0.4, -0.2) is 18.4 Å². The molecule has 1 aliphatic heterocycles. The second kappa shape index (κ2) is 8.87. The Morgan fingerprint density at radius 1 is 1.17 bits per heavy atom. The third-order valence-electron chi connectivity index (χ3n) is 4.97. The highest BCUT2D eigenvalue weighted by Gasteiger charge is 2.30. The molecule has 1 N–H and O–H groups in total. The Bertz CT molecular complexity index is 830. The molecule has 0 fully saturated rings. The van der Waals surface area contributed by atoms with Crippen LogP contribution < -0.4 is 15.0 Å². The van der Waals surface area contributed by atoms with Crippen molar-refractivity contribution in [1.29, 1.82) is 0 Å². The van der Waals surface area contributed by atoms with Crippen LogP contribution in [0.2, 0.25) is 0 Å². The summed E-state index contributed by atoms with van der Waals surface area (Å²) in [5.74, 6) is 0.716. The van der Waals surface area contributed by atoms with Crippen LogP contribution in [0.1, 0.15) is 70.7 Å². The van der Waals surface area contributed by atoms with Crippen LogP contribution in [0.4, 0.5) is 10.5 Å². The van der Waals surface area contributed by atoms with Gasteiger partial charge in [-0.25, -0.2) is 9.69 Å². The number of nitrogens with zero attached hydrogens (tertiary/aromatic N) is 1. The molecule has 0 radical (unpaired) electrons. The Labute approximate surface area is 174 Å². The number of nitrogens with one attached hydrogen (secondary N) is 1. The number of amides is 1. The zero-order valence-corrected chi connectivity index (χ0v) is 18.1. The van der Waals surface area contributed by atoms with Gasteiger partial charge in [0.1, 0.15) is 11.4 Å². The molecule has 29 heavy (non-hydrogen) atoms. The zero-order chi connectivity index (χ0) is 21.0. The first kappa shape index (κ1) is 21.2. The number of carbonyl (C=O) groups excluding carboxylic acids is 1. The van der Waals surface area contributed by atoms with Crippen molar-refractivity contribution >= 4 is 11.8 Å². The number of hydrogen-bond acceptors (Lipinski definition) is 4. The Morgan fingerprint density at radius 3 is 2.55 bits per heavy atom. The van der Waals surface area contributed by atoms with E-state index in [1.165, 1.54) is 10.5 Å². The van der Waals surface area contributed by atoms with Crippen LogP contribution in [0, 0.1) is 0 Å². The largest absolute Gasteiger partial charge is 0.470 e. The summed E-state index contributed by atoms with van der Waals surface area (Å²) in [6.45, 7) is 10.1. The van der Waals surface area contributed by atoms with E-state index in [1.54, 1.807) is 0 Å². The lowest BCUT2D eigenvalue weighted by Crippen LogP contribution is -2.36. The van der Waals surface area contributed by atoms with Gasteiger partial charge in [0, 0.05) is 12.1 Å². The summed E-state index contributed by atoms with van der Waals surface area (Å²) in [5.41, 5.74) is 2.65. The molecule has 1 heterocycles. The Hall–Kier alpha value is -2.53. The smallest absolute Gasteiger partial charge is 0.417 e. The van der Waals surface area contributed by atoms with Crippen LogP contribution >= 0.6 is 0 Å². The molecule has 0 aromatic heterocycles. The fourth-order valence-electron chi connectivity index (χ4n) is 3.53. The second-order valence-electron chi connectivity index (χ2n) is 8.55. The van der Waals surface area contributed by atoms with Gasteiger partial charge in [0.15, 0.2) is 6.73 Å². The van der Waals surface area contributed by atoms with Gasteiger partial charge in [-0.15, -0.1) is 0 Å². The summed E-state index contributed by atoms with van der Waals surface area (Å²) < 4.78 is 11.3. The maximum atomic E-state index is 12.4. The van der Waals surface area contributed by atoms with Crippen molar-refractivity contribution in [3.05, 3.63) is 59.7 Å². The molecule has 5 heteroatoms. The van der Waals surface area contributed by atoms with Crippen molar-refractivity contribution < 1.29 is 14.3 Å². The Morgan fingerprint density at radius 2 is 1.90 bits per heavy atom. The molecule has 1 amide bonds. The molecule has 0 spiro atoms. The van der Waals surface area contributed by atoms with Crippen LogP contribution in [-0.2, 0) is 4.74 Å². The van der Waals surface area contributed by atoms with Gasteiger partial charge in [-0.3, -0.25) is 0 Å². The molecule has 2 atom stereocenters. The lowest BCUT2D eigenvalue weighted by Gasteiger charge is -2.25. The summed E-state index contributed by atoms with van der Waals surface area (Å²) >= 11 is 0. The highest BCUT2D eigenvalue weighted by molar-refractivity contribution is 5.91. The van der Waals surface area contributed by atoms with Crippen LogP contribution in [0.25, 0.3) is 0 Å². The van der Waals surface area contributed by atoms with E-state index < -0.39 is 5.60 Å². The number of hydrogen-bond donors (Lipinski definition) is 1. The van der Waals surface area contributed by atoms with Gasteiger partial charge in [0.25, 0.3) is 0 Å². The Balaban J connectivity index is 1.73. The quantitative estimate of drug-likeness (QED) is 0.653. The maximum Gasteiger partial charge on any atom is 0.417 e. The lowest BCUT2D eigenvalue weighted by atomic mass is 9.99. The molecular formula is C24H32N2O3. The van der Waals surface area contributed by atoms with Crippen LogP contribution in [0.15, 0.2) is 48.5 Å². The molecule has 0 bridgehead atoms. The van der Waals surface area contributed by atoms with E-state index in [0.29, 0.717) is 11.8 Å². The Kier molecular flexibility index (Phi) is 6.48. The van der Waals surface area contributed by atoms with E-state index in [0.717, 1.165) is 24.1 Å². The van der Waals surface area contributed by atoms with Gasteiger partial charge >= 0.3 is 6.09 Å². The van der Waals surface area contributed by atoms with E-state index in [9.17, 15) is 4.79 Å². The summed E-state index contributed by atoms with van der Waals surface area (Å²) in [4.78, 5) is 14.0. The van der Waals surface area contributed by atoms with Gasteiger partial charge < -0.3 is 14.8 Å². The number of carbonyl (C=O) groups is 1. The lowest BCUT2D eigenvalue weighted by molar-refractivity contribution is 0.0566. The zero-order valence-electron chi connectivity index (χ0n) is 18.1. The molecule has 2 aromatic rings. The summed E-state index contributed by atoms with van der Waals surface area (Å²) in [7, 11) is 0. The predicted octanol–water partition coefficient (Wildman–Crippen LogP) is 5.97. The molecule has 2 unspecified atom stereocenters. The van der Waals surface area contributed by atoms with E-state index in [1.807, 2.05) is 39.0 Å². The van der Waals surface area contributed by atoms with Gasteiger partial charge in [-0.1, -0.05) is 49.7 Å². The fourth-order valence-corrected chi connectivity index (χ4v) is 3.53. The fraction of sp³-hybridized carbons (Fsp3) is 0.458. The third kappa shape index (κ3) is 5.30. The molecule has 156 valence electrons. The topological polar surface area (TPSA) is 50.8 Å². The van der Waals surface area contributed by atoms with Crippen molar-refractivity contribution in [3.63, 3.8) is 0 Å². The molecular weight excluding hydrogens is 364 g/mol. The van der Waals surface area contributed by atoms with Gasteiger partial charge in [-0.2, -0.15) is 0 Å². The first-order chi connectivity index (χ1) is 13.8. The van der Waals surface area contributed by atoms with Crippen molar-refractivity contribution in [2.45, 2.75) is 65.1 Å². The van der Waals surface area contributed by atoms with Crippen LogP contribution in [0.3, 0.4) is 0 Å². The first-order valence-corrected chi connectivity index (χ1v) is 10.4. The number of ether oxygens (including phenoxy) is 2. The number of fused-ring (bicyclic) bond motifs is 1. The molecule has 5 nitrogen and oxygen atoms in total. The monoisotopic (exact) mass is 396 g/mol. The minimum Gasteiger partial charge on any atom is -0.470 e. The number of rotatable bonds is 6. The molecule has 1 aliphatic rings. The number of benzene rings is 2. The van der Waals surface area contributed by atoms with Gasteiger partial charge in [-0.05, 0) is 57.4 Å². The van der Waals surface area contributed by atoms with Gasteiger partial charge in [0.05, 0.1) is 5.69 Å². The summed E-state index contributed by atoms with van der Waals surface area (Å²) in [6.07, 6.45) is 1.79. The highest BCUT2D eigenvalue weighted by Crippen LogP contribution is 2.37. The first-order valence-electron chi connectivity index (χ1n) is 10.4. The minimum atomic E-state index is -0.538. The molecule has 0 aliphatic carbocycles. The van der Waals surface area contributed by atoms with Crippen molar-refractivity contribution in [3.8, 4) is 5.75 Å². The maximum absolute atomic E-state index is 12.4. The van der Waals surface area contributed by atoms with Gasteiger partial charge in [0.2, 0.25) is 0 Å². The molecule has 2 aromatic carbocycles. The van der Waals surface area contributed by atoms with Crippen molar-refractivity contribution in [1.82, 2.24) is 5.32 Å². The summed E-state index contributed by atoms with van der Waals surface area (Å²) in [6, 6.07) is 17.0. The number of anilines is 1. The molecule has 0 saturated carbocycles. The summed E-state index contributed by atoms with van der Waals surface area (Å²) in [5, 5.41) is 3.75. The minimum absolute atomic E-state index is 0.149. The SMILES string of the molecule is CCCC(NC(C)c1ccc2c(c1)OCN2C(=O)OC(C)(C)C)c1ccccc1. The van der Waals surface area contributed by atoms with Crippen molar-refractivity contribution in [2.24, 2.45) is 0 Å². The second-order valence-corrected chi connectivity index (χ2v) is 8.55. The average Bonchev–Trinajstić information content (AvgIpc) is 3.10. The van der Waals surface area contributed by atoms with Crippen LogP contribution in [0.5, 0.6) is 5.75 Å². The molecule has 3 rings (SSSR count). The third-order valence-corrected chi connectivity index (χ3v) is 4.97. The van der Waals surface area contributed by atoms with E-state index in [4.69, 9.17) is 9.47 Å².